The van der Waals surface area contributed by atoms with Gasteiger partial charge in [-0.15, -0.1) is 0 Å². The molecule has 0 unspecified atom stereocenters. The Morgan fingerprint density at radius 1 is 1.33 bits per heavy atom. The van der Waals surface area contributed by atoms with Gasteiger partial charge in [-0.2, -0.15) is 0 Å². The largest absolute Gasteiger partial charge is 0.397 e. The molecule has 1 aromatic carbocycles. The van der Waals surface area contributed by atoms with Crippen molar-refractivity contribution in [2.45, 2.75) is 6.42 Å². The molecule has 0 aliphatic carbocycles. The number of hydrogen-bond donors (Lipinski definition) is 1. The maximum Gasteiger partial charge on any atom is 0.274 e. The molecule has 0 fully saturated rings. The zero-order valence-corrected chi connectivity index (χ0v) is 10.1. The van der Waals surface area contributed by atoms with Crippen LogP contribution in [0.4, 0.5) is 11.4 Å². The second-order valence-electron chi connectivity index (χ2n) is 3.71. The third kappa shape index (κ3) is 2.41. The van der Waals surface area contributed by atoms with Crippen LogP contribution >= 0.6 is 11.6 Å². The van der Waals surface area contributed by atoms with Crippen molar-refractivity contribution in [2.75, 3.05) is 5.73 Å². The molecule has 0 radical (unpaired) electrons. The number of nitro benzene ring substituents is 1. The van der Waals surface area contributed by atoms with Gasteiger partial charge in [-0.1, -0.05) is 17.7 Å². The van der Waals surface area contributed by atoms with Crippen molar-refractivity contribution < 1.29 is 4.92 Å². The number of rotatable bonds is 3. The van der Waals surface area contributed by atoms with E-state index in [9.17, 15) is 10.1 Å². The molecule has 2 rings (SSSR count). The van der Waals surface area contributed by atoms with Crippen molar-refractivity contribution in [1.82, 2.24) is 4.98 Å². The van der Waals surface area contributed by atoms with Crippen LogP contribution in [0.2, 0.25) is 5.02 Å². The van der Waals surface area contributed by atoms with Crippen molar-refractivity contribution >= 4 is 23.0 Å². The smallest absolute Gasteiger partial charge is 0.274 e. The van der Waals surface area contributed by atoms with Gasteiger partial charge in [-0.05, 0) is 18.2 Å². The molecule has 6 heteroatoms. The number of nitrogen functional groups attached to an aromatic ring is 1. The molecule has 1 heterocycles. The predicted octanol–water partition coefficient (Wildman–Crippen LogP) is 2.82. The van der Waals surface area contributed by atoms with Crippen LogP contribution < -0.4 is 5.73 Å². The minimum atomic E-state index is -0.458. The fourth-order valence-electron chi connectivity index (χ4n) is 1.66. The van der Waals surface area contributed by atoms with E-state index in [0.717, 1.165) is 0 Å². The minimum Gasteiger partial charge on any atom is -0.397 e. The summed E-state index contributed by atoms with van der Waals surface area (Å²) < 4.78 is 0. The molecule has 0 amide bonds. The Hall–Kier alpha value is -2.14. The summed E-state index contributed by atoms with van der Waals surface area (Å²) in [7, 11) is 0. The van der Waals surface area contributed by atoms with Gasteiger partial charge in [0.05, 0.1) is 26.9 Å². The highest BCUT2D eigenvalue weighted by Gasteiger charge is 2.18. The summed E-state index contributed by atoms with van der Waals surface area (Å²) in [6.07, 6.45) is 1.83. The first-order chi connectivity index (χ1) is 8.59. The van der Waals surface area contributed by atoms with Gasteiger partial charge < -0.3 is 5.73 Å². The maximum atomic E-state index is 10.9. The van der Waals surface area contributed by atoms with Crippen molar-refractivity contribution in [3.8, 4) is 0 Å². The summed E-state index contributed by atoms with van der Waals surface area (Å²) in [6.45, 7) is 0. The lowest BCUT2D eigenvalue weighted by Crippen LogP contribution is -2.02. The normalized spacial score (nSPS) is 10.3. The molecule has 5 nitrogen and oxygen atoms in total. The van der Waals surface area contributed by atoms with Gasteiger partial charge in [0.1, 0.15) is 0 Å². The van der Waals surface area contributed by atoms with Gasteiger partial charge in [-0.3, -0.25) is 15.1 Å². The first-order valence-electron chi connectivity index (χ1n) is 5.20. The fraction of sp³-hybridized carbons (Fsp3) is 0.0833. The predicted molar refractivity (Wildman–Crippen MR) is 69.6 cm³/mol. The molecule has 0 aliphatic heterocycles. The molecule has 0 bridgehead atoms. The molecule has 18 heavy (non-hydrogen) atoms. The van der Waals surface area contributed by atoms with Crippen molar-refractivity contribution in [1.29, 1.82) is 0 Å². The molecule has 0 saturated heterocycles. The number of aromatic nitrogens is 1. The summed E-state index contributed by atoms with van der Waals surface area (Å²) >= 11 is 6.00. The molecule has 0 saturated carbocycles. The van der Waals surface area contributed by atoms with Crippen LogP contribution in [0.1, 0.15) is 11.3 Å². The van der Waals surface area contributed by atoms with Gasteiger partial charge >= 0.3 is 0 Å². The Kier molecular flexibility index (Phi) is 3.43. The highest BCUT2D eigenvalue weighted by atomic mass is 35.5. The third-order valence-electron chi connectivity index (χ3n) is 2.56. The molecule has 2 aromatic rings. The van der Waals surface area contributed by atoms with Crippen LogP contribution in [-0.2, 0) is 6.42 Å². The van der Waals surface area contributed by atoms with Crippen LogP contribution in [0, 0.1) is 10.1 Å². The zero-order chi connectivity index (χ0) is 13.1. The molecular weight excluding hydrogens is 254 g/mol. The summed E-state index contributed by atoms with van der Waals surface area (Å²) in [4.78, 5) is 14.6. The van der Waals surface area contributed by atoms with E-state index in [1.807, 2.05) is 0 Å². The van der Waals surface area contributed by atoms with E-state index in [2.05, 4.69) is 4.98 Å². The molecule has 0 spiro atoms. The van der Waals surface area contributed by atoms with Crippen molar-refractivity contribution in [3.05, 3.63) is 62.9 Å². The zero-order valence-electron chi connectivity index (χ0n) is 9.34. The molecule has 0 aliphatic rings. The summed E-state index contributed by atoms with van der Waals surface area (Å²) in [6, 6.07) is 7.99. The van der Waals surface area contributed by atoms with Crippen LogP contribution in [0.25, 0.3) is 0 Å². The Morgan fingerprint density at radius 3 is 2.78 bits per heavy atom. The lowest BCUT2D eigenvalue weighted by Gasteiger charge is -2.06. The Balaban J connectivity index is 2.46. The minimum absolute atomic E-state index is 0.0208. The van der Waals surface area contributed by atoms with Gasteiger partial charge in [0.2, 0.25) is 0 Å². The monoisotopic (exact) mass is 263 g/mol. The molecular formula is C12H10ClN3O2. The number of nitrogens with two attached hydrogens (primary N) is 1. The fourth-order valence-corrected chi connectivity index (χ4v) is 1.90. The SMILES string of the molecule is Nc1cccnc1Cc1c(Cl)cccc1[N+](=O)[O-]. The number of nitrogens with zero attached hydrogens (tertiary/aromatic N) is 2. The van der Waals surface area contributed by atoms with Crippen molar-refractivity contribution in [2.24, 2.45) is 0 Å². The molecule has 92 valence electrons. The number of pyridine rings is 1. The first kappa shape index (κ1) is 12.3. The van der Waals surface area contributed by atoms with Crippen LogP contribution in [0.3, 0.4) is 0 Å². The quantitative estimate of drug-likeness (QED) is 0.682. The van der Waals surface area contributed by atoms with E-state index in [1.54, 1.807) is 30.5 Å². The molecule has 1 aromatic heterocycles. The van der Waals surface area contributed by atoms with Gasteiger partial charge in [-0.25, -0.2) is 0 Å². The number of hydrogen-bond acceptors (Lipinski definition) is 4. The number of halogens is 1. The van der Waals surface area contributed by atoms with Crippen LogP contribution in [-0.4, -0.2) is 9.91 Å². The Labute approximate surface area is 108 Å². The summed E-state index contributed by atoms with van der Waals surface area (Å²) in [5.41, 5.74) is 7.24. The van der Waals surface area contributed by atoms with E-state index < -0.39 is 4.92 Å². The second-order valence-corrected chi connectivity index (χ2v) is 4.12. The average Bonchev–Trinajstić information content (AvgIpc) is 2.34. The number of anilines is 1. The van der Waals surface area contributed by atoms with E-state index in [4.69, 9.17) is 17.3 Å². The second kappa shape index (κ2) is 5.01. The lowest BCUT2D eigenvalue weighted by molar-refractivity contribution is -0.385. The highest BCUT2D eigenvalue weighted by molar-refractivity contribution is 6.31. The third-order valence-corrected chi connectivity index (χ3v) is 2.91. The Bertz CT molecular complexity index is 602. The van der Waals surface area contributed by atoms with E-state index >= 15 is 0 Å². The topological polar surface area (TPSA) is 82.0 Å². The molecule has 2 N–H and O–H groups in total. The molecule has 0 atom stereocenters. The van der Waals surface area contributed by atoms with Gasteiger partial charge in [0.25, 0.3) is 5.69 Å². The summed E-state index contributed by atoms with van der Waals surface area (Å²) in [5.74, 6) is 0. The van der Waals surface area contributed by atoms with Crippen LogP contribution in [0.5, 0.6) is 0 Å². The maximum absolute atomic E-state index is 10.9. The Morgan fingerprint density at radius 2 is 2.11 bits per heavy atom. The van der Waals surface area contributed by atoms with E-state index in [-0.39, 0.29) is 12.1 Å². The summed E-state index contributed by atoms with van der Waals surface area (Å²) in [5, 5.41) is 11.3. The number of benzene rings is 1. The van der Waals surface area contributed by atoms with Gasteiger partial charge in [0.15, 0.2) is 0 Å². The average molecular weight is 264 g/mol. The first-order valence-corrected chi connectivity index (χ1v) is 5.58. The van der Waals surface area contributed by atoms with E-state index in [1.165, 1.54) is 6.07 Å². The van der Waals surface area contributed by atoms with Crippen molar-refractivity contribution in [3.63, 3.8) is 0 Å². The highest BCUT2D eigenvalue weighted by Crippen LogP contribution is 2.29. The van der Waals surface area contributed by atoms with Crippen LogP contribution in [0.15, 0.2) is 36.5 Å². The lowest BCUT2D eigenvalue weighted by atomic mass is 10.1. The van der Waals surface area contributed by atoms with E-state index in [0.29, 0.717) is 22.0 Å². The number of nitro groups is 1. The van der Waals surface area contributed by atoms with Gasteiger partial charge in [0, 0.05) is 18.7 Å². The standard InChI is InChI=1S/C12H10ClN3O2/c13-9-3-1-5-12(16(17)18)8(9)7-11-10(14)4-2-6-15-11/h1-6H,7,14H2.